The predicted molar refractivity (Wildman–Crippen MR) is 125 cm³/mol. The first kappa shape index (κ1) is 25.1. The molecule has 0 aliphatic carbocycles. The molecule has 3 rings (SSSR count). The van der Waals surface area contributed by atoms with E-state index in [0.29, 0.717) is 26.7 Å². The molecule has 4 N–H and O–H groups in total. The first-order valence-electron chi connectivity index (χ1n) is 10.3. The van der Waals surface area contributed by atoms with Gasteiger partial charge in [0.25, 0.3) is 0 Å². The fourth-order valence-electron chi connectivity index (χ4n) is 3.20. The van der Waals surface area contributed by atoms with Gasteiger partial charge in [-0.1, -0.05) is 49.7 Å². The molecule has 1 heterocycles. The molecular formula is C24H23ClF2N4O3. The quantitative estimate of drug-likeness (QED) is 0.458. The van der Waals surface area contributed by atoms with Crippen LogP contribution in [0.25, 0.3) is 11.3 Å². The number of halogens is 3. The average Bonchev–Trinajstić information content (AvgIpc) is 2.79. The van der Waals surface area contributed by atoms with Crippen molar-refractivity contribution in [3.63, 3.8) is 0 Å². The minimum absolute atomic E-state index is 0.112. The molecule has 0 spiro atoms. The molecule has 0 aliphatic heterocycles. The van der Waals surface area contributed by atoms with Crippen molar-refractivity contribution < 1.29 is 23.1 Å². The molecule has 3 aromatic rings. The van der Waals surface area contributed by atoms with Crippen molar-refractivity contribution in [1.29, 1.82) is 0 Å². The van der Waals surface area contributed by atoms with Crippen LogP contribution >= 0.6 is 11.6 Å². The topological polar surface area (TPSA) is 112 Å². The lowest BCUT2D eigenvalue weighted by atomic mass is 10.0. The smallest absolute Gasteiger partial charge is 0.325 e. The SMILES string of the molecule is CC(C)[C@H](N)C(=O)OCc1c(Cl)cccc1-c1cccc(N(C(N)=O)c2c(F)cccc2F)n1. The third kappa shape index (κ3) is 5.32. The van der Waals surface area contributed by atoms with Gasteiger partial charge in [0, 0.05) is 16.1 Å². The molecule has 1 aromatic heterocycles. The Morgan fingerprint density at radius 1 is 1.06 bits per heavy atom. The molecule has 1 atom stereocenters. The normalized spacial score (nSPS) is 11.9. The zero-order valence-electron chi connectivity index (χ0n) is 18.5. The fraction of sp³-hybridized carbons (Fsp3) is 0.208. The average molecular weight is 489 g/mol. The molecular weight excluding hydrogens is 466 g/mol. The third-order valence-electron chi connectivity index (χ3n) is 5.09. The second kappa shape index (κ2) is 10.6. The predicted octanol–water partition coefficient (Wildman–Crippen LogP) is 4.92. The lowest BCUT2D eigenvalue weighted by Crippen LogP contribution is -2.36. The summed E-state index contributed by atoms with van der Waals surface area (Å²) in [4.78, 5) is 29.4. The molecule has 0 saturated carbocycles. The first-order valence-corrected chi connectivity index (χ1v) is 10.7. The Morgan fingerprint density at radius 2 is 1.68 bits per heavy atom. The maximum Gasteiger partial charge on any atom is 0.325 e. The fourth-order valence-corrected chi connectivity index (χ4v) is 3.42. The Morgan fingerprint density at radius 3 is 2.29 bits per heavy atom. The van der Waals surface area contributed by atoms with Gasteiger partial charge in [0.05, 0.1) is 5.69 Å². The number of nitrogens with two attached hydrogens (primary N) is 2. The molecule has 0 aliphatic rings. The zero-order valence-corrected chi connectivity index (χ0v) is 19.2. The number of benzene rings is 2. The van der Waals surface area contributed by atoms with E-state index < -0.39 is 35.4 Å². The van der Waals surface area contributed by atoms with Crippen molar-refractivity contribution in [1.82, 2.24) is 4.98 Å². The van der Waals surface area contributed by atoms with Crippen molar-refractivity contribution in [2.24, 2.45) is 17.4 Å². The maximum absolute atomic E-state index is 14.4. The summed E-state index contributed by atoms with van der Waals surface area (Å²) in [6, 6.07) is 10.7. The molecule has 0 fully saturated rings. The minimum Gasteiger partial charge on any atom is -0.460 e. The van der Waals surface area contributed by atoms with Crippen LogP contribution < -0.4 is 16.4 Å². The molecule has 2 aromatic carbocycles. The number of aromatic nitrogens is 1. The Bertz CT molecular complexity index is 1200. The second-order valence-electron chi connectivity index (χ2n) is 7.77. The van der Waals surface area contributed by atoms with E-state index in [2.05, 4.69) is 4.98 Å². The number of urea groups is 1. The number of pyridine rings is 1. The van der Waals surface area contributed by atoms with Crippen LogP contribution in [0.2, 0.25) is 5.02 Å². The number of hydrogen-bond acceptors (Lipinski definition) is 5. The molecule has 0 bridgehead atoms. The van der Waals surface area contributed by atoms with Gasteiger partial charge in [-0.15, -0.1) is 0 Å². The summed E-state index contributed by atoms with van der Waals surface area (Å²) in [5.74, 6) is -2.78. The van der Waals surface area contributed by atoms with Gasteiger partial charge in [-0.25, -0.2) is 23.5 Å². The summed E-state index contributed by atoms with van der Waals surface area (Å²) in [6.45, 7) is 3.41. The minimum atomic E-state index is -1.13. The van der Waals surface area contributed by atoms with Crippen LogP contribution in [0.15, 0.2) is 54.6 Å². The molecule has 2 amide bonds. The van der Waals surface area contributed by atoms with E-state index in [1.165, 1.54) is 18.2 Å². The number of carbonyl (C=O) groups is 2. The molecule has 0 unspecified atom stereocenters. The summed E-state index contributed by atoms with van der Waals surface area (Å²) in [7, 11) is 0. The molecule has 178 valence electrons. The van der Waals surface area contributed by atoms with Gasteiger partial charge in [-0.2, -0.15) is 0 Å². The number of esters is 1. The van der Waals surface area contributed by atoms with Gasteiger partial charge >= 0.3 is 12.0 Å². The van der Waals surface area contributed by atoms with Crippen LogP contribution in [-0.4, -0.2) is 23.0 Å². The van der Waals surface area contributed by atoms with Gasteiger partial charge in [-0.05, 0) is 36.2 Å². The lowest BCUT2D eigenvalue weighted by molar-refractivity contribution is -0.147. The van der Waals surface area contributed by atoms with E-state index in [1.807, 2.05) is 0 Å². The number of ether oxygens (including phenoxy) is 1. The van der Waals surface area contributed by atoms with Crippen LogP contribution in [0.3, 0.4) is 0 Å². The molecule has 0 radical (unpaired) electrons. The number of carbonyl (C=O) groups excluding carboxylic acids is 2. The van der Waals surface area contributed by atoms with Crippen molar-refractivity contribution in [3.05, 3.63) is 76.8 Å². The van der Waals surface area contributed by atoms with Gasteiger partial charge in [0.15, 0.2) is 0 Å². The summed E-state index contributed by atoms with van der Waals surface area (Å²) >= 11 is 6.36. The Labute approximate surface area is 200 Å². The Balaban J connectivity index is 2.02. The van der Waals surface area contributed by atoms with E-state index in [-0.39, 0.29) is 18.3 Å². The second-order valence-corrected chi connectivity index (χ2v) is 8.18. The number of primary amides is 1. The molecule has 34 heavy (non-hydrogen) atoms. The Kier molecular flexibility index (Phi) is 7.80. The Hall–Kier alpha value is -3.56. The molecule has 7 nitrogen and oxygen atoms in total. The van der Waals surface area contributed by atoms with Crippen molar-refractivity contribution in [3.8, 4) is 11.3 Å². The highest BCUT2D eigenvalue weighted by Gasteiger charge is 2.25. The number of amides is 2. The summed E-state index contributed by atoms with van der Waals surface area (Å²) < 4.78 is 34.1. The van der Waals surface area contributed by atoms with Crippen LogP contribution in [-0.2, 0) is 16.1 Å². The van der Waals surface area contributed by atoms with Crippen molar-refractivity contribution >= 4 is 35.1 Å². The highest BCUT2D eigenvalue weighted by molar-refractivity contribution is 6.31. The number of rotatable bonds is 7. The van der Waals surface area contributed by atoms with Crippen LogP contribution in [0.5, 0.6) is 0 Å². The standard InChI is InChI=1S/C24H23ClF2N4O3/c1-13(2)21(28)23(32)34-12-15-14(6-3-7-16(15)25)19-10-5-11-20(30-19)31(24(29)33)22-17(26)8-4-9-18(22)27/h3-11,13,21H,12,28H2,1-2H3,(H2,29,33)/t21-/m0/s1. The van der Waals surface area contributed by atoms with Crippen LogP contribution in [0.4, 0.5) is 25.1 Å². The highest BCUT2D eigenvalue weighted by atomic mass is 35.5. The summed E-state index contributed by atoms with van der Waals surface area (Å²) in [6.07, 6.45) is 0. The number of para-hydroxylation sites is 1. The number of anilines is 2. The van der Waals surface area contributed by atoms with E-state index in [9.17, 15) is 18.4 Å². The van der Waals surface area contributed by atoms with E-state index in [0.717, 1.165) is 12.1 Å². The molecule has 0 saturated heterocycles. The lowest BCUT2D eigenvalue weighted by Gasteiger charge is -2.21. The van der Waals surface area contributed by atoms with Crippen molar-refractivity contribution in [2.75, 3.05) is 4.90 Å². The monoisotopic (exact) mass is 488 g/mol. The van der Waals surface area contributed by atoms with Crippen molar-refractivity contribution in [2.45, 2.75) is 26.5 Å². The number of nitrogens with zero attached hydrogens (tertiary/aromatic N) is 2. The summed E-state index contributed by atoms with van der Waals surface area (Å²) in [5.41, 5.74) is 11.9. The van der Waals surface area contributed by atoms with Gasteiger partial charge in [0.1, 0.15) is 35.8 Å². The maximum atomic E-state index is 14.4. The third-order valence-corrected chi connectivity index (χ3v) is 5.44. The first-order chi connectivity index (χ1) is 16.1. The largest absolute Gasteiger partial charge is 0.460 e. The van der Waals surface area contributed by atoms with E-state index >= 15 is 0 Å². The van der Waals surface area contributed by atoms with E-state index in [1.54, 1.807) is 38.1 Å². The van der Waals surface area contributed by atoms with Gasteiger partial charge in [-0.3, -0.25) is 4.79 Å². The van der Waals surface area contributed by atoms with Gasteiger partial charge in [0.2, 0.25) is 0 Å². The summed E-state index contributed by atoms with van der Waals surface area (Å²) in [5, 5.41) is 0.308. The molecule has 10 heteroatoms. The zero-order chi connectivity index (χ0) is 25.0. The van der Waals surface area contributed by atoms with Crippen LogP contribution in [0, 0.1) is 17.6 Å². The number of hydrogen-bond donors (Lipinski definition) is 2. The highest BCUT2D eigenvalue weighted by Crippen LogP contribution is 2.33. The van der Waals surface area contributed by atoms with Crippen LogP contribution in [0.1, 0.15) is 19.4 Å². The van der Waals surface area contributed by atoms with E-state index in [4.69, 9.17) is 27.8 Å². The van der Waals surface area contributed by atoms with Gasteiger partial charge < -0.3 is 16.2 Å².